The Morgan fingerprint density at radius 3 is 2.20 bits per heavy atom. The average Bonchev–Trinajstić information content (AvgIpc) is 3.19. The van der Waals surface area contributed by atoms with Crippen LogP contribution in [0, 0.1) is 6.92 Å². The highest BCUT2D eigenvalue weighted by Gasteiger charge is 2.39. The van der Waals surface area contributed by atoms with Gasteiger partial charge in [0.05, 0.1) is 7.11 Å². The molecule has 3 amide bonds. The Morgan fingerprint density at radius 1 is 1.09 bits per heavy atom. The summed E-state index contributed by atoms with van der Waals surface area (Å²) in [5.74, 6) is 0.555. The summed E-state index contributed by atoms with van der Waals surface area (Å²) in [6.07, 6.45) is 0.588. The zero-order chi connectivity index (χ0) is 26.4. The molecule has 192 valence electrons. The van der Waals surface area contributed by atoms with Gasteiger partial charge in [0.25, 0.3) is 0 Å². The van der Waals surface area contributed by atoms with Crippen LogP contribution in [0.5, 0.6) is 5.75 Å². The van der Waals surface area contributed by atoms with E-state index in [9.17, 15) is 14.4 Å². The molecule has 1 aromatic carbocycles. The maximum Gasteiger partial charge on any atom is 0.247 e. The molecule has 1 heterocycles. The van der Waals surface area contributed by atoms with Gasteiger partial charge in [0.15, 0.2) is 5.82 Å². The monoisotopic (exact) mass is 486 g/mol. The smallest absolute Gasteiger partial charge is 0.247 e. The van der Waals surface area contributed by atoms with Crippen molar-refractivity contribution in [1.82, 2.24) is 15.4 Å². The van der Waals surface area contributed by atoms with E-state index in [0.29, 0.717) is 22.9 Å². The number of anilines is 1. The van der Waals surface area contributed by atoms with Gasteiger partial charge in [-0.2, -0.15) is 0 Å². The number of aryl methyl sites for hydroxylation is 1. The van der Waals surface area contributed by atoms with Gasteiger partial charge in [-0.3, -0.25) is 14.4 Å². The number of benzene rings is 1. The Kier molecular flexibility index (Phi) is 9.06. The molecule has 0 saturated heterocycles. The van der Waals surface area contributed by atoms with E-state index in [4.69, 9.17) is 9.26 Å². The summed E-state index contributed by atoms with van der Waals surface area (Å²) >= 11 is 0. The molecule has 0 bridgehead atoms. The number of hydrogen-bond donors (Lipinski definition) is 2. The summed E-state index contributed by atoms with van der Waals surface area (Å²) < 4.78 is 10.2. The molecule has 9 heteroatoms. The third-order valence-corrected chi connectivity index (χ3v) is 5.74. The number of nitrogens with one attached hydrogen (secondary N) is 2. The first-order chi connectivity index (χ1) is 16.3. The van der Waals surface area contributed by atoms with Crippen LogP contribution in [0.2, 0.25) is 0 Å². The summed E-state index contributed by atoms with van der Waals surface area (Å²) in [7, 11) is 1.57. The first-order valence-electron chi connectivity index (χ1n) is 11.8. The number of nitrogens with zero attached hydrogens (tertiary/aromatic N) is 2. The van der Waals surface area contributed by atoms with Gasteiger partial charge in [-0.05, 0) is 65.7 Å². The largest absolute Gasteiger partial charge is 0.497 e. The lowest BCUT2D eigenvalue weighted by Crippen LogP contribution is -2.55. The third-order valence-electron chi connectivity index (χ3n) is 5.74. The van der Waals surface area contributed by atoms with Gasteiger partial charge < -0.3 is 24.8 Å². The molecule has 2 rings (SSSR count). The van der Waals surface area contributed by atoms with E-state index in [1.165, 1.54) is 0 Å². The Balaban J connectivity index is 2.33. The number of hydrogen-bond acceptors (Lipinski definition) is 6. The zero-order valence-electron chi connectivity index (χ0n) is 22.0. The summed E-state index contributed by atoms with van der Waals surface area (Å²) in [6.45, 7) is 13.2. The highest BCUT2D eigenvalue weighted by molar-refractivity contribution is 5.94. The SMILES string of the molecule is CCC(C)(C)NC(=O)[C@H](c1ccc(OC)cc1)N(C(=O)CCC(=O)Nc1cc(C)on1)C(C)(C)C. The minimum atomic E-state index is -0.888. The molecule has 35 heavy (non-hydrogen) atoms. The standard InChI is InChI=1S/C26H38N4O5/c1-9-26(6,7)28-24(33)23(18-10-12-19(34-8)13-11-18)30(25(3,4)5)22(32)15-14-21(31)27-20-16-17(2)35-29-20/h10-13,16,23H,9,14-15H2,1-8H3,(H,28,33)(H,27,29,31)/t23-/m0/s1. The highest BCUT2D eigenvalue weighted by atomic mass is 16.5. The minimum Gasteiger partial charge on any atom is -0.497 e. The van der Waals surface area contributed by atoms with Gasteiger partial charge in [-0.15, -0.1) is 0 Å². The van der Waals surface area contributed by atoms with Crippen LogP contribution in [0.1, 0.15) is 78.2 Å². The van der Waals surface area contributed by atoms with E-state index >= 15 is 0 Å². The van der Waals surface area contributed by atoms with Gasteiger partial charge >= 0.3 is 0 Å². The molecule has 2 N–H and O–H groups in total. The molecule has 0 aliphatic carbocycles. The van der Waals surface area contributed by atoms with E-state index in [2.05, 4.69) is 15.8 Å². The fraction of sp³-hybridized carbons (Fsp3) is 0.538. The van der Waals surface area contributed by atoms with Crippen molar-refractivity contribution in [3.05, 3.63) is 41.7 Å². The van der Waals surface area contributed by atoms with Crippen molar-refractivity contribution in [3.63, 3.8) is 0 Å². The van der Waals surface area contributed by atoms with Gasteiger partial charge in [0.1, 0.15) is 17.6 Å². The van der Waals surface area contributed by atoms with Crippen molar-refractivity contribution in [2.45, 2.75) is 84.8 Å². The van der Waals surface area contributed by atoms with Crippen molar-refractivity contribution in [2.24, 2.45) is 0 Å². The Morgan fingerprint density at radius 2 is 1.71 bits per heavy atom. The van der Waals surface area contributed by atoms with Crippen LogP contribution in [0.4, 0.5) is 5.82 Å². The topological polar surface area (TPSA) is 114 Å². The molecular weight excluding hydrogens is 448 g/mol. The molecule has 9 nitrogen and oxygen atoms in total. The summed E-state index contributed by atoms with van der Waals surface area (Å²) in [4.78, 5) is 41.1. The van der Waals surface area contributed by atoms with Crippen molar-refractivity contribution in [1.29, 1.82) is 0 Å². The van der Waals surface area contributed by atoms with Crippen LogP contribution >= 0.6 is 0 Å². The van der Waals surface area contributed by atoms with Crippen molar-refractivity contribution in [3.8, 4) is 5.75 Å². The minimum absolute atomic E-state index is 0.0608. The molecular formula is C26H38N4O5. The van der Waals surface area contributed by atoms with Gasteiger partial charge in [0.2, 0.25) is 17.7 Å². The number of amides is 3. The lowest BCUT2D eigenvalue weighted by Gasteiger charge is -2.42. The van der Waals surface area contributed by atoms with Crippen LogP contribution in [0.25, 0.3) is 0 Å². The molecule has 0 aliphatic rings. The molecule has 0 aliphatic heterocycles. The number of carbonyl (C=O) groups excluding carboxylic acids is 3. The molecule has 0 radical (unpaired) electrons. The van der Waals surface area contributed by atoms with Crippen molar-refractivity contribution < 1.29 is 23.6 Å². The van der Waals surface area contributed by atoms with E-state index in [0.717, 1.165) is 6.42 Å². The summed E-state index contributed by atoms with van der Waals surface area (Å²) in [5, 5.41) is 9.44. The normalized spacial score (nSPS) is 12.6. The fourth-order valence-electron chi connectivity index (χ4n) is 3.57. The second kappa shape index (κ2) is 11.4. The van der Waals surface area contributed by atoms with Crippen LogP contribution in [0.3, 0.4) is 0 Å². The Labute approximate surface area is 207 Å². The third kappa shape index (κ3) is 7.83. The van der Waals surface area contributed by atoms with E-state index in [1.54, 1.807) is 49.3 Å². The second-order valence-corrected chi connectivity index (χ2v) is 10.2. The lowest BCUT2D eigenvalue weighted by atomic mass is 9.94. The molecule has 0 unspecified atom stereocenters. The van der Waals surface area contributed by atoms with E-state index in [1.807, 2.05) is 41.5 Å². The molecule has 2 aromatic rings. The molecule has 0 spiro atoms. The maximum absolute atomic E-state index is 13.6. The van der Waals surface area contributed by atoms with Crippen molar-refractivity contribution >= 4 is 23.5 Å². The van der Waals surface area contributed by atoms with Gasteiger partial charge in [0, 0.05) is 30.0 Å². The van der Waals surface area contributed by atoms with Crippen LogP contribution < -0.4 is 15.4 Å². The predicted octanol–water partition coefficient (Wildman–Crippen LogP) is 4.38. The molecule has 0 fully saturated rings. The van der Waals surface area contributed by atoms with Crippen LogP contribution in [-0.4, -0.2) is 46.0 Å². The number of methoxy groups -OCH3 is 1. The zero-order valence-corrected chi connectivity index (χ0v) is 22.0. The van der Waals surface area contributed by atoms with E-state index in [-0.39, 0.29) is 30.6 Å². The van der Waals surface area contributed by atoms with Crippen LogP contribution in [-0.2, 0) is 14.4 Å². The number of rotatable bonds is 10. The molecule has 0 saturated carbocycles. The average molecular weight is 487 g/mol. The lowest BCUT2D eigenvalue weighted by molar-refractivity contribution is -0.147. The molecule has 1 atom stereocenters. The van der Waals surface area contributed by atoms with Crippen LogP contribution in [0.15, 0.2) is 34.9 Å². The number of carbonyl (C=O) groups is 3. The van der Waals surface area contributed by atoms with Gasteiger partial charge in [-0.25, -0.2) is 0 Å². The summed E-state index contributed by atoms with van der Waals surface area (Å²) in [6, 6.07) is 7.81. The molecule has 1 aromatic heterocycles. The maximum atomic E-state index is 13.6. The first-order valence-corrected chi connectivity index (χ1v) is 11.8. The Hall–Kier alpha value is -3.36. The summed E-state index contributed by atoms with van der Waals surface area (Å²) in [5.41, 5.74) is -0.500. The predicted molar refractivity (Wildman–Crippen MR) is 134 cm³/mol. The number of ether oxygens (including phenoxy) is 1. The first kappa shape index (κ1) is 27.9. The fourth-order valence-corrected chi connectivity index (χ4v) is 3.57. The van der Waals surface area contributed by atoms with Crippen molar-refractivity contribution in [2.75, 3.05) is 12.4 Å². The van der Waals surface area contributed by atoms with Gasteiger partial charge in [-0.1, -0.05) is 24.2 Å². The van der Waals surface area contributed by atoms with E-state index < -0.39 is 17.1 Å². The highest BCUT2D eigenvalue weighted by Crippen LogP contribution is 2.32. The number of aromatic nitrogens is 1. The second-order valence-electron chi connectivity index (χ2n) is 10.2. The Bertz CT molecular complexity index is 1020. The quantitative estimate of drug-likeness (QED) is 0.515.